The molecule has 4 rings (SSSR count). The summed E-state index contributed by atoms with van der Waals surface area (Å²) in [6.45, 7) is 3.89. The van der Waals surface area contributed by atoms with Crippen molar-refractivity contribution >= 4 is 21.6 Å². The van der Waals surface area contributed by atoms with Crippen molar-refractivity contribution in [3.8, 4) is 0 Å². The first-order valence-corrected chi connectivity index (χ1v) is 13.0. The number of carbonyl (C=O) groups excluding carboxylic acids is 1. The van der Waals surface area contributed by atoms with E-state index in [1.54, 1.807) is 24.6 Å². The molecule has 0 aliphatic heterocycles. The average Bonchev–Trinajstić information content (AvgIpc) is 3.55. The molecule has 1 aromatic carbocycles. The van der Waals surface area contributed by atoms with Crippen LogP contribution in [0.25, 0.3) is 0 Å². The molecule has 8 nitrogen and oxygen atoms in total. The van der Waals surface area contributed by atoms with Crippen LogP contribution in [-0.4, -0.2) is 39.1 Å². The maximum absolute atomic E-state index is 13.3. The highest BCUT2D eigenvalue weighted by Gasteiger charge is 2.30. The lowest BCUT2D eigenvalue weighted by Gasteiger charge is -2.20. The van der Waals surface area contributed by atoms with E-state index in [1.165, 1.54) is 17.1 Å². The standard InChI is InChI=1S/C24H31N5O3S/c1-18(2)33(31,32)21-15-25-29(17-21)22(14-19-8-6-7-9-19)24(30)26-23-12-13-28(27-23)16-20-10-4-3-5-11-20/h3-5,10-13,15,17-19,22H,6-9,14,16H2,1-2H3,(H,26,27,30)/t22-/m0/s1. The predicted octanol–water partition coefficient (Wildman–Crippen LogP) is 4.07. The van der Waals surface area contributed by atoms with Gasteiger partial charge in [-0.3, -0.25) is 14.2 Å². The van der Waals surface area contributed by atoms with Gasteiger partial charge in [0, 0.05) is 18.5 Å². The fraction of sp³-hybridized carbons (Fsp3) is 0.458. The summed E-state index contributed by atoms with van der Waals surface area (Å²) in [6, 6.07) is 11.2. The number of hydrogen-bond donors (Lipinski definition) is 1. The second kappa shape index (κ2) is 9.91. The molecule has 3 aromatic rings. The number of benzene rings is 1. The molecule has 1 atom stereocenters. The number of aromatic nitrogens is 4. The molecule has 0 bridgehead atoms. The van der Waals surface area contributed by atoms with Gasteiger partial charge in [0.15, 0.2) is 15.7 Å². The first-order chi connectivity index (χ1) is 15.8. The molecule has 176 valence electrons. The van der Waals surface area contributed by atoms with Gasteiger partial charge in [-0.1, -0.05) is 56.0 Å². The number of nitrogens with one attached hydrogen (secondary N) is 1. The minimum absolute atomic E-state index is 0.147. The predicted molar refractivity (Wildman–Crippen MR) is 127 cm³/mol. The van der Waals surface area contributed by atoms with Crippen molar-refractivity contribution in [3.05, 3.63) is 60.6 Å². The molecule has 0 radical (unpaired) electrons. The minimum Gasteiger partial charge on any atom is -0.307 e. The number of sulfone groups is 1. The van der Waals surface area contributed by atoms with Crippen LogP contribution in [0.4, 0.5) is 5.82 Å². The lowest BCUT2D eigenvalue weighted by atomic mass is 9.98. The Morgan fingerprint density at radius 3 is 2.58 bits per heavy atom. The fourth-order valence-corrected chi connectivity index (χ4v) is 5.30. The van der Waals surface area contributed by atoms with Crippen LogP contribution in [0.3, 0.4) is 0 Å². The summed E-state index contributed by atoms with van der Waals surface area (Å²) in [5, 5.41) is 11.1. The summed E-state index contributed by atoms with van der Waals surface area (Å²) in [6.07, 6.45) is 9.77. The van der Waals surface area contributed by atoms with Crippen LogP contribution >= 0.6 is 0 Å². The topological polar surface area (TPSA) is 98.9 Å². The molecule has 1 aliphatic rings. The van der Waals surface area contributed by atoms with Gasteiger partial charge in [-0.05, 0) is 31.7 Å². The molecule has 1 fully saturated rings. The Labute approximate surface area is 194 Å². The number of rotatable bonds is 9. The van der Waals surface area contributed by atoms with Gasteiger partial charge in [0.1, 0.15) is 10.9 Å². The largest absolute Gasteiger partial charge is 0.307 e. The van der Waals surface area contributed by atoms with E-state index in [4.69, 9.17) is 0 Å². The first-order valence-electron chi connectivity index (χ1n) is 11.5. The number of hydrogen-bond acceptors (Lipinski definition) is 5. The molecule has 33 heavy (non-hydrogen) atoms. The second-order valence-corrected chi connectivity index (χ2v) is 11.5. The summed E-state index contributed by atoms with van der Waals surface area (Å²) in [5.41, 5.74) is 1.12. The molecule has 1 N–H and O–H groups in total. The van der Waals surface area contributed by atoms with Crippen molar-refractivity contribution in [1.29, 1.82) is 0 Å². The van der Waals surface area contributed by atoms with E-state index < -0.39 is 21.1 Å². The average molecular weight is 470 g/mol. The highest BCUT2D eigenvalue weighted by molar-refractivity contribution is 7.92. The quantitative estimate of drug-likeness (QED) is 0.509. The van der Waals surface area contributed by atoms with Gasteiger partial charge < -0.3 is 5.32 Å². The molecule has 0 saturated heterocycles. The zero-order valence-electron chi connectivity index (χ0n) is 19.1. The number of anilines is 1. The van der Waals surface area contributed by atoms with Crippen molar-refractivity contribution in [2.75, 3.05) is 5.32 Å². The second-order valence-electron chi connectivity index (χ2n) is 9.03. The Balaban J connectivity index is 1.51. The molecular formula is C24H31N5O3S. The Morgan fingerprint density at radius 2 is 1.88 bits per heavy atom. The summed E-state index contributed by atoms with van der Waals surface area (Å²) >= 11 is 0. The third-order valence-electron chi connectivity index (χ3n) is 6.26. The van der Waals surface area contributed by atoms with Crippen LogP contribution in [0.1, 0.15) is 57.6 Å². The third kappa shape index (κ3) is 5.52. The van der Waals surface area contributed by atoms with E-state index in [1.807, 2.05) is 36.5 Å². The molecule has 9 heteroatoms. The zero-order valence-corrected chi connectivity index (χ0v) is 19.9. The summed E-state index contributed by atoms with van der Waals surface area (Å²) in [7, 11) is -3.46. The summed E-state index contributed by atoms with van der Waals surface area (Å²) in [4.78, 5) is 13.4. The SMILES string of the molecule is CC(C)S(=O)(=O)c1cnn([C@@H](CC2CCCC2)C(=O)Nc2ccn(Cc3ccccc3)n2)c1. The zero-order chi connectivity index (χ0) is 23.4. The molecule has 1 aliphatic carbocycles. The van der Waals surface area contributed by atoms with Crippen molar-refractivity contribution in [2.45, 2.75) is 68.7 Å². The van der Waals surface area contributed by atoms with Gasteiger partial charge in [0.05, 0.1) is 18.0 Å². The highest BCUT2D eigenvalue weighted by Crippen LogP contribution is 2.33. The van der Waals surface area contributed by atoms with Crippen LogP contribution in [0.5, 0.6) is 0 Å². The minimum atomic E-state index is -3.46. The molecule has 2 heterocycles. The molecule has 1 saturated carbocycles. The Hall–Kier alpha value is -2.94. The van der Waals surface area contributed by atoms with Crippen molar-refractivity contribution in [3.63, 3.8) is 0 Å². The van der Waals surface area contributed by atoms with E-state index in [0.717, 1.165) is 31.2 Å². The normalized spacial score (nSPS) is 15.7. The van der Waals surface area contributed by atoms with Gasteiger partial charge in [0.25, 0.3) is 0 Å². The number of amides is 1. The number of carbonyl (C=O) groups is 1. The lowest BCUT2D eigenvalue weighted by Crippen LogP contribution is -2.28. The highest BCUT2D eigenvalue weighted by atomic mass is 32.2. The Morgan fingerprint density at radius 1 is 1.15 bits per heavy atom. The Bertz CT molecular complexity index is 1180. The van der Waals surface area contributed by atoms with Gasteiger partial charge in [-0.15, -0.1) is 0 Å². The maximum atomic E-state index is 13.3. The monoisotopic (exact) mass is 469 g/mol. The van der Waals surface area contributed by atoms with E-state index in [0.29, 0.717) is 24.7 Å². The summed E-state index contributed by atoms with van der Waals surface area (Å²) < 4.78 is 28.4. The fourth-order valence-electron chi connectivity index (χ4n) is 4.30. The van der Waals surface area contributed by atoms with E-state index >= 15 is 0 Å². The maximum Gasteiger partial charge on any atom is 0.250 e. The molecule has 1 amide bonds. The molecule has 0 spiro atoms. The summed E-state index contributed by atoms with van der Waals surface area (Å²) in [5.74, 6) is 0.656. The molecular weight excluding hydrogens is 438 g/mol. The van der Waals surface area contributed by atoms with Gasteiger partial charge in [-0.2, -0.15) is 10.2 Å². The van der Waals surface area contributed by atoms with Gasteiger partial charge in [0.2, 0.25) is 5.91 Å². The van der Waals surface area contributed by atoms with E-state index in [9.17, 15) is 13.2 Å². The number of nitrogens with zero attached hydrogens (tertiary/aromatic N) is 4. The lowest BCUT2D eigenvalue weighted by molar-refractivity contribution is -0.120. The van der Waals surface area contributed by atoms with Crippen LogP contribution in [0.15, 0.2) is 59.9 Å². The van der Waals surface area contributed by atoms with Crippen molar-refractivity contribution in [2.24, 2.45) is 5.92 Å². The van der Waals surface area contributed by atoms with Crippen LogP contribution in [-0.2, 0) is 21.2 Å². The van der Waals surface area contributed by atoms with E-state index in [2.05, 4.69) is 15.5 Å². The Kier molecular flexibility index (Phi) is 6.97. The molecule has 2 aromatic heterocycles. The first kappa shape index (κ1) is 23.2. The van der Waals surface area contributed by atoms with Gasteiger partial charge >= 0.3 is 0 Å². The van der Waals surface area contributed by atoms with Crippen LogP contribution in [0, 0.1) is 5.92 Å². The van der Waals surface area contributed by atoms with Crippen molar-refractivity contribution < 1.29 is 13.2 Å². The molecule has 0 unspecified atom stereocenters. The van der Waals surface area contributed by atoms with Crippen molar-refractivity contribution in [1.82, 2.24) is 19.6 Å². The van der Waals surface area contributed by atoms with Crippen LogP contribution in [0.2, 0.25) is 0 Å². The van der Waals surface area contributed by atoms with Gasteiger partial charge in [-0.25, -0.2) is 8.42 Å². The third-order valence-corrected chi connectivity index (χ3v) is 8.37. The van der Waals surface area contributed by atoms with E-state index in [-0.39, 0.29) is 10.8 Å². The smallest absolute Gasteiger partial charge is 0.250 e. The van der Waals surface area contributed by atoms with Crippen LogP contribution < -0.4 is 5.32 Å².